The molecule has 0 aliphatic carbocycles. The van der Waals surface area contributed by atoms with Crippen LogP contribution in [0.3, 0.4) is 0 Å². The van der Waals surface area contributed by atoms with Gasteiger partial charge in [0.2, 0.25) is 5.91 Å². The lowest BCUT2D eigenvalue weighted by Crippen LogP contribution is -2.68. The Morgan fingerprint density at radius 3 is 1.35 bits per heavy atom. The van der Waals surface area contributed by atoms with Crippen molar-refractivity contribution in [1.29, 1.82) is 0 Å². The molecule has 0 radical (unpaired) electrons. The third-order valence-corrected chi connectivity index (χ3v) is 10.9. The van der Waals surface area contributed by atoms with Crippen LogP contribution in [-0.4, -0.2) is 276 Å². The number of carbonyl (C=O) groups is 1. The molecule has 5 aliphatic heterocycles. The van der Waals surface area contributed by atoms with Crippen LogP contribution in [0.4, 0.5) is 0 Å². The van der Waals surface area contributed by atoms with Crippen LogP contribution in [0, 0.1) is 0 Å². The number of ether oxygens (including phenoxy) is 10. The van der Waals surface area contributed by atoms with Crippen LogP contribution in [0.5, 0.6) is 0 Å². The quantitative estimate of drug-likeness (QED) is 0.0726. The van der Waals surface area contributed by atoms with E-state index in [1.54, 1.807) is 0 Å². The molecule has 0 aromatic heterocycles. The van der Waals surface area contributed by atoms with Gasteiger partial charge in [-0.05, 0) is 0 Å². The molecule has 5 aliphatic rings. The summed E-state index contributed by atoms with van der Waals surface area (Å²) in [6.07, 6.45) is -42.1. The van der Waals surface area contributed by atoms with Crippen molar-refractivity contribution < 1.29 is 129 Å². The van der Waals surface area contributed by atoms with Gasteiger partial charge in [0.1, 0.15) is 122 Å². The first-order valence-corrected chi connectivity index (χ1v) is 19.0. The van der Waals surface area contributed by atoms with E-state index in [1.807, 2.05) is 0 Å². The van der Waals surface area contributed by atoms with Gasteiger partial charge < -0.3 is 129 Å². The first-order chi connectivity index (χ1) is 28.4. The molecule has 27 heteroatoms. The van der Waals surface area contributed by atoms with Crippen LogP contribution in [-0.2, 0) is 52.2 Å². The number of hydrogen-bond donors (Lipinski definition) is 16. The lowest BCUT2D eigenvalue weighted by Gasteiger charge is -2.49. The van der Waals surface area contributed by atoms with Gasteiger partial charge in [-0.25, -0.2) is 0 Å². The summed E-state index contributed by atoms with van der Waals surface area (Å²) in [5.74, 6) is -0.722. The monoisotopic (exact) mass is 883 g/mol. The molecule has 60 heavy (non-hydrogen) atoms. The van der Waals surface area contributed by atoms with Gasteiger partial charge in [-0.3, -0.25) is 4.79 Å². The summed E-state index contributed by atoms with van der Waals surface area (Å²) < 4.78 is 55.8. The van der Waals surface area contributed by atoms with Gasteiger partial charge in [0.25, 0.3) is 0 Å². The van der Waals surface area contributed by atoms with Crippen LogP contribution >= 0.6 is 0 Å². The minimum atomic E-state index is -2.00. The molecule has 0 bridgehead atoms. The van der Waals surface area contributed by atoms with Gasteiger partial charge in [-0.15, -0.1) is 0 Å². The fourth-order valence-corrected chi connectivity index (χ4v) is 7.38. The standard InChI is InChI=1S/C33H57NO26/c1-8(38)34-14-20(44)15(39)9(3-35)54-29(14)60-28-23(47)17(41)11(5-37)56-33(28)59-27-19(43)13(57-30(51-2)26(27)50)7-53-32-25(49)22(46)18(42)12(58-32)6-52-31-24(48)21(45)16(40)10(4-36)55-31/h9-33,35-37,39-50H,3-7H2,1-2H3,(H,34,38)/t9-,10-,11-,12-,13-,14-,15-,16-,17-,18-,19-,20-,21+,22+,23+,24+,25+,26+,27+,28+,29+,30-,31+,32+,33-/m1/s1. The normalized spacial score (nSPS) is 50.3. The maximum Gasteiger partial charge on any atom is 0.217 e. The van der Waals surface area contributed by atoms with Crippen molar-refractivity contribution in [3.8, 4) is 0 Å². The molecular formula is C33H57NO26. The molecule has 0 aromatic rings. The van der Waals surface area contributed by atoms with Gasteiger partial charge in [-0.1, -0.05) is 0 Å². The van der Waals surface area contributed by atoms with Crippen molar-refractivity contribution in [3.05, 3.63) is 0 Å². The first kappa shape index (κ1) is 49.5. The molecule has 5 fully saturated rings. The molecule has 0 saturated carbocycles. The molecule has 16 N–H and O–H groups in total. The molecule has 350 valence electrons. The zero-order valence-electron chi connectivity index (χ0n) is 32.2. The molecule has 5 rings (SSSR count). The van der Waals surface area contributed by atoms with Crippen molar-refractivity contribution in [3.63, 3.8) is 0 Å². The topological polar surface area (TPSA) is 425 Å². The van der Waals surface area contributed by atoms with Crippen LogP contribution in [0.2, 0.25) is 0 Å². The SMILES string of the molecule is CO[C@@H]1O[C@H](CO[C@H]2O[C@H](CO[C@H]3O[C@H](CO)[C@@H](O)[C@H](O)[C@@H]3O)[C@@H](O)[C@H](O)[C@@H]2O)[C@@H](O)[C@H](O[C@H]2O[C@H](CO)[C@@H](O)[C@H](O)[C@@H]2O[C@@H]2O[C@H](CO)[C@@H](O)[C@H](O)[C@H]2NC(C)=O)[C@@H]1O. The fourth-order valence-electron chi connectivity index (χ4n) is 7.38. The maximum atomic E-state index is 12.0. The highest BCUT2D eigenvalue weighted by atomic mass is 16.8. The van der Waals surface area contributed by atoms with Crippen molar-refractivity contribution in [2.75, 3.05) is 40.1 Å². The molecule has 0 unspecified atom stereocenters. The largest absolute Gasteiger partial charge is 0.394 e. The number of aliphatic hydroxyl groups is 15. The molecule has 5 saturated heterocycles. The second-order valence-electron chi connectivity index (χ2n) is 15.0. The van der Waals surface area contributed by atoms with E-state index in [4.69, 9.17) is 47.4 Å². The Balaban J connectivity index is 1.30. The Kier molecular flexibility index (Phi) is 17.7. The highest BCUT2D eigenvalue weighted by Crippen LogP contribution is 2.34. The van der Waals surface area contributed by atoms with E-state index in [-0.39, 0.29) is 0 Å². The van der Waals surface area contributed by atoms with Gasteiger partial charge >= 0.3 is 0 Å². The second-order valence-corrected chi connectivity index (χ2v) is 15.0. The Morgan fingerprint density at radius 1 is 0.450 bits per heavy atom. The molecule has 1 amide bonds. The van der Waals surface area contributed by atoms with Gasteiger partial charge in [0.05, 0.1) is 33.0 Å². The number of carbonyl (C=O) groups excluding carboxylic acids is 1. The van der Waals surface area contributed by atoms with Gasteiger partial charge in [0, 0.05) is 14.0 Å². The molecule has 25 atom stereocenters. The smallest absolute Gasteiger partial charge is 0.217 e. The van der Waals surface area contributed by atoms with E-state index in [9.17, 15) is 81.4 Å². The Labute approximate surface area is 340 Å². The summed E-state index contributed by atoms with van der Waals surface area (Å²) in [5, 5.41) is 159. The number of amides is 1. The van der Waals surface area contributed by atoms with Crippen molar-refractivity contribution in [1.82, 2.24) is 5.32 Å². The third kappa shape index (κ3) is 10.5. The summed E-state index contributed by atoms with van der Waals surface area (Å²) in [4.78, 5) is 12.0. The fraction of sp³-hybridized carbons (Fsp3) is 0.970. The summed E-state index contributed by atoms with van der Waals surface area (Å²) in [7, 11) is 1.11. The van der Waals surface area contributed by atoms with Crippen molar-refractivity contribution >= 4 is 5.91 Å². The molecular weight excluding hydrogens is 826 g/mol. The zero-order chi connectivity index (χ0) is 44.3. The average molecular weight is 884 g/mol. The van der Waals surface area contributed by atoms with E-state index < -0.39 is 192 Å². The van der Waals surface area contributed by atoms with E-state index >= 15 is 0 Å². The third-order valence-electron chi connectivity index (χ3n) is 10.9. The van der Waals surface area contributed by atoms with Crippen LogP contribution in [0.25, 0.3) is 0 Å². The predicted octanol–water partition coefficient (Wildman–Crippen LogP) is -11.1. The zero-order valence-corrected chi connectivity index (χ0v) is 32.2. The van der Waals surface area contributed by atoms with Crippen LogP contribution in [0.15, 0.2) is 0 Å². The van der Waals surface area contributed by atoms with Gasteiger partial charge in [0.15, 0.2) is 31.5 Å². The number of hydrogen-bond acceptors (Lipinski definition) is 26. The molecule has 0 spiro atoms. The Bertz CT molecular complexity index is 1340. The van der Waals surface area contributed by atoms with E-state index in [0.717, 1.165) is 14.0 Å². The average Bonchev–Trinajstić information content (AvgIpc) is 3.22. The minimum absolute atomic E-state index is 0.679. The first-order valence-electron chi connectivity index (χ1n) is 19.0. The number of aliphatic hydroxyl groups excluding tert-OH is 15. The second kappa shape index (κ2) is 21.4. The summed E-state index contributed by atoms with van der Waals surface area (Å²) >= 11 is 0. The maximum absolute atomic E-state index is 12.0. The Hall–Kier alpha value is -1.53. The predicted molar refractivity (Wildman–Crippen MR) is 183 cm³/mol. The lowest BCUT2D eigenvalue weighted by molar-refractivity contribution is -0.384. The molecule has 5 heterocycles. The number of rotatable bonds is 15. The lowest BCUT2D eigenvalue weighted by atomic mass is 9.95. The highest BCUT2D eigenvalue weighted by molar-refractivity contribution is 5.73. The highest BCUT2D eigenvalue weighted by Gasteiger charge is 2.55. The minimum Gasteiger partial charge on any atom is -0.394 e. The van der Waals surface area contributed by atoms with E-state index in [1.165, 1.54) is 0 Å². The number of nitrogens with one attached hydrogen (secondary N) is 1. The number of methoxy groups -OCH3 is 1. The van der Waals surface area contributed by atoms with Crippen LogP contribution in [0.1, 0.15) is 6.92 Å². The Morgan fingerprint density at radius 2 is 0.850 bits per heavy atom. The molecule has 0 aromatic carbocycles. The summed E-state index contributed by atoms with van der Waals surface area (Å²) in [6.45, 7) is -2.84. The molecule has 27 nitrogen and oxygen atoms in total. The summed E-state index contributed by atoms with van der Waals surface area (Å²) in [6, 6.07) is -1.55. The van der Waals surface area contributed by atoms with Crippen LogP contribution < -0.4 is 5.32 Å². The van der Waals surface area contributed by atoms with E-state index in [2.05, 4.69) is 5.32 Å². The van der Waals surface area contributed by atoms with E-state index in [0.29, 0.717) is 0 Å². The summed E-state index contributed by atoms with van der Waals surface area (Å²) in [5.41, 5.74) is 0. The van der Waals surface area contributed by atoms with Gasteiger partial charge in [-0.2, -0.15) is 0 Å². The van der Waals surface area contributed by atoms with Crippen molar-refractivity contribution in [2.24, 2.45) is 0 Å². The van der Waals surface area contributed by atoms with Crippen molar-refractivity contribution in [2.45, 2.75) is 160 Å².